The molecule has 0 saturated heterocycles. The van der Waals surface area contributed by atoms with Gasteiger partial charge in [-0.05, 0) is 20.4 Å². The third-order valence-electron chi connectivity index (χ3n) is 1.77. The zero-order valence-electron chi connectivity index (χ0n) is 8.33. The maximum absolute atomic E-state index is 5.38. The second-order valence-corrected chi connectivity index (χ2v) is 2.97. The molecule has 13 heavy (non-hydrogen) atoms. The molecule has 4 nitrogen and oxygen atoms in total. The summed E-state index contributed by atoms with van der Waals surface area (Å²) in [7, 11) is 1.86. The van der Waals surface area contributed by atoms with Crippen molar-refractivity contribution in [1.82, 2.24) is 10.3 Å². The molecule has 0 aliphatic carbocycles. The monoisotopic (exact) mass is 184 g/mol. The van der Waals surface area contributed by atoms with Gasteiger partial charge in [0.1, 0.15) is 12.4 Å². The summed E-state index contributed by atoms with van der Waals surface area (Å²) >= 11 is 0. The van der Waals surface area contributed by atoms with E-state index in [1.807, 2.05) is 14.0 Å². The number of hydrogen-bond donors (Lipinski definition) is 1. The molecular weight excluding hydrogens is 168 g/mol. The van der Waals surface area contributed by atoms with E-state index in [0.29, 0.717) is 12.6 Å². The predicted octanol–water partition coefficient (Wildman–Crippen LogP) is 1.57. The van der Waals surface area contributed by atoms with Crippen LogP contribution >= 0.6 is 0 Å². The lowest BCUT2D eigenvalue weighted by atomic mass is 10.3. The summed E-state index contributed by atoms with van der Waals surface area (Å²) in [5.74, 6) is 0. The van der Waals surface area contributed by atoms with Gasteiger partial charge in [0.05, 0.1) is 5.69 Å². The first-order chi connectivity index (χ1) is 6.26. The van der Waals surface area contributed by atoms with Crippen LogP contribution in [0.25, 0.3) is 0 Å². The Kier molecular flexibility index (Phi) is 3.76. The summed E-state index contributed by atoms with van der Waals surface area (Å²) in [6.07, 6.45) is 3.07. The molecule has 0 aliphatic heterocycles. The van der Waals surface area contributed by atoms with Crippen LogP contribution in [0.15, 0.2) is 10.7 Å². The molecule has 1 aromatic heterocycles. The molecule has 0 aliphatic rings. The number of oxazole rings is 1. The van der Waals surface area contributed by atoms with Gasteiger partial charge in [-0.2, -0.15) is 4.98 Å². The molecule has 1 rings (SSSR count). The Morgan fingerprint density at radius 2 is 2.46 bits per heavy atom. The van der Waals surface area contributed by atoms with Gasteiger partial charge in [-0.3, -0.25) is 0 Å². The van der Waals surface area contributed by atoms with Crippen LogP contribution in [-0.2, 0) is 6.54 Å². The minimum Gasteiger partial charge on any atom is -0.447 e. The number of hydrogen-bond acceptors (Lipinski definition) is 4. The van der Waals surface area contributed by atoms with E-state index in [9.17, 15) is 0 Å². The number of aromatic nitrogens is 1. The van der Waals surface area contributed by atoms with E-state index in [-0.39, 0.29) is 6.10 Å². The summed E-state index contributed by atoms with van der Waals surface area (Å²) in [6, 6.07) is 0. The molecule has 1 N–H and O–H groups in total. The van der Waals surface area contributed by atoms with Gasteiger partial charge < -0.3 is 14.5 Å². The summed E-state index contributed by atoms with van der Waals surface area (Å²) in [4.78, 5) is 4.14. The van der Waals surface area contributed by atoms with E-state index in [4.69, 9.17) is 9.15 Å². The Morgan fingerprint density at radius 1 is 1.69 bits per heavy atom. The van der Waals surface area contributed by atoms with Crippen molar-refractivity contribution in [2.24, 2.45) is 0 Å². The standard InChI is InChI=1S/C9H16N2O2/c1-4-7(2)13-9-11-8(5-10-3)6-12-9/h6-7,10H,4-5H2,1-3H3. The van der Waals surface area contributed by atoms with Crippen LogP contribution < -0.4 is 10.1 Å². The maximum atomic E-state index is 5.38. The van der Waals surface area contributed by atoms with Gasteiger partial charge >= 0.3 is 6.08 Å². The molecule has 0 saturated carbocycles. The third-order valence-corrected chi connectivity index (χ3v) is 1.77. The Balaban J connectivity index is 2.48. The molecule has 4 heteroatoms. The molecule has 1 unspecified atom stereocenters. The SMILES string of the molecule is CCC(C)Oc1nc(CNC)co1. The van der Waals surface area contributed by atoms with Gasteiger partial charge in [0.15, 0.2) is 0 Å². The van der Waals surface area contributed by atoms with E-state index in [2.05, 4.69) is 17.2 Å². The van der Waals surface area contributed by atoms with Crippen molar-refractivity contribution in [3.63, 3.8) is 0 Å². The fourth-order valence-electron chi connectivity index (χ4n) is 0.860. The summed E-state index contributed by atoms with van der Waals surface area (Å²) in [6.45, 7) is 4.75. The fourth-order valence-corrected chi connectivity index (χ4v) is 0.860. The smallest absolute Gasteiger partial charge is 0.393 e. The zero-order chi connectivity index (χ0) is 9.68. The van der Waals surface area contributed by atoms with Crippen molar-refractivity contribution in [1.29, 1.82) is 0 Å². The van der Waals surface area contributed by atoms with Gasteiger partial charge in [0.2, 0.25) is 0 Å². The van der Waals surface area contributed by atoms with Crippen molar-refractivity contribution in [2.45, 2.75) is 32.9 Å². The maximum Gasteiger partial charge on any atom is 0.393 e. The van der Waals surface area contributed by atoms with Crippen LogP contribution in [0, 0.1) is 0 Å². The first kappa shape index (κ1) is 10.1. The third kappa shape index (κ3) is 3.06. The lowest BCUT2D eigenvalue weighted by Crippen LogP contribution is -2.10. The second kappa shape index (κ2) is 4.87. The van der Waals surface area contributed by atoms with Gasteiger partial charge in [-0.1, -0.05) is 6.92 Å². The Labute approximate surface area is 78.3 Å². The average molecular weight is 184 g/mol. The Hall–Kier alpha value is -1.03. The normalized spacial score (nSPS) is 12.8. The van der Waals surface area contributed by atoms with Crippen molar-refractivity contribution in [3.05, 3.63) is 12.0 Å². The van der Waals surface area contributed by atoms with Crippen LogP contribution in [-0.4, -0.2) is 18.1 Å². The van der Waals surface area contributed by atoms with Crippen LogP contribution in [0.4, 0.5) is 0 Å². The number of ether oxygens (including phenoxy) is 1. The van der Waals surface area contributed by atoms with Crippen molar-refractivity contribution < 1.29 is 9.15 Å². The lowest BCUT2D eigenvalue weighted by molar-refractivity contribution is 0.158. The van der Waals surface area contributed by atoms with Crippen molar-refractivity contribution in [3.8, 4) is 6.08 Å². The Morgan fingerprint density at radius 3 is 3.08 bits per heavy atom. The molecule has 0 bridgehead atoms. The molecular formula is C9H16N2O2. The molecule has 74 valence electrons. The molecule has 1 atom stereocenters. The highest BCUT2D eigenvalue weighted by Gasteiger charge is 2.07. The molecule has 0 amide bonds. The highest BCUT2D eigenvalue weighted by molar-refractivity contribution is 4.99. The molecule has 0 aromatic carbocycles. The van der Waals surface area contributed by atoms with Gasteiger partial charge in [0, 0.05) is 6.54 Å². The highest BCUT2D eigenvalue weighted by Crippen LogP contribution is 2.12. The first-order valence-electron chi connectivity index (χ1n) is 4.52. The van der Waals surface area contributed by atoms with E-state index >= 15 is 0 Å². The lowest BCUT2D eigenvalue weighted by Gasteiger charge is -2.06. The van der Waals surface area contributed by atoms with Crippen LogP contribution in [0.3, 0.4) is 0 Å². The molecule has 1 aromatic rings. The minimum atomic E-state index is 0.154. The Bertz CT molecular complexity index is 248. The fraction of sp³-hybridized carbons (Fsp3) is 0.667. The number of nitrogens with zero attached hydrogens (tertiary/aromatic N) is 1. The minimum absolute atomic E-state index is 0.154. The van der Waals surface area contributed by atoms with E-state index in [1.54, 1.807) is 6.26 Å². The van der Waals surface area contributed by atoms with Crippen LogP contribution in [0.1, 0.15) is 26.0 Å². The molecule has 1 heterocycles. The van der Waals surface area contributed by atoms with Gasteiger partial charge in [-0.25, -0.2) is 0 Å². The first-order valence-corrected chi connectivity index (χ1v) is 4.52. The second-order valence-electron chi connectivity index (χ2n) is 2.97. The summed E-state index contributed by atoms with van der Waals surface area (Å²) in [5, 5.41) is 2.99. The van der Waals surface area contributed by atoms with Crippen molar-refractivity contribution in [2.75, 3.05) is 7.05 Å². The van der Waals surface area contributed by atoms with E-state index < -0.39 is 0 Å². The van der Waals surface area contributed by atoms with E-state index in [1.165, 1.54) is 0 Å². The van der Waals surface area contributed by atoms with E-state index in [0.717, 1.165) is 12.1 Å². The van der Waals surface area contributed by atoms with Gasteiger partial charge in [-0.15, -0.1) is 0 Å². The van der Waals surface area contributed by atoms with Crippen LogP contribution in [0.2, 0.25) is 0 Å². The van der Waals surface area contributed by atoms with Crippen LogP contribution in [0.5, 0.6) is 6.08 Å². The topological polar surface area (TPSA) is 47.3 Å². The average Bonchev–Trinajstić information content (AvgIpc) is 2.53. The molecule has 0 fully saturated rings. The predicted molar refractivity (Wildman–Crippen MR) is 49.6 cm³/mol. The highest BCUT2D eigenvalue weighted by atomic mass is 16.6. The quantitative estimate of drug-likeness (QED) is 0.754. The summed E-state index contributed by atoms with van der Waals surface area (Å²) < 4.78 is 10.5. The van der Waals surface area contributed by atoms with Gasteiger partial charge in [0.25, 0.3) is 0 Å². The molecule has 0 spiro atoms. The van der Waals surface area contributed by atoms with Crippen molar-refractivity contribution >= 4 is 0 Å². The summed E-state index contributed by atoms with van der Waals surface area (Å²) in [5.41, 5.74) is 0.862. The number of rotatable bonds is 5. The molecule has 0 radical (unpaired) electrons. The zero-order valence-corrected chi connectivity index (χ0v) is 8.33. The number of nitrogens with one attached hydrogen (secondary N) is 1. The largest absolute Gasteiger partial charge is 0.447 e.